The Kier molecular flexibility index (Phi) is 3.81. The van der Waals surface area contributed by atoms with Gasteiger partial charge in [0.15, 0.2) is 18.2 Å². The maximum absolute atomic E-state index is 13.2. The molecule has 0 radical (unpaired) electrons. The number of nitrogens with two attached hydrogens (primary N) is 1. The Morgan fingerprint density at radius 3 is 2.22 bits per heavy atom. The molecule has 0 unspecified atom stereocenters. The number of hydrogen-bond donors (Lipinski definition) is 1. The van der Waals surface area contributed by atoms with Gasteiger partial charge < -0.3 is 4.74 Å². The minimum atomic E-state index is -4.81. The van der Waals surface area contributed by atoms with Crippen molar-refractivity contribution in [1.29, 1.82) is 0 Å². The van der Waals surface area contributed by atoms with Crippen LogP contribution in [0.15, 0.2) is 17.0 Å². The molecule has 1 aromatic rings. The van der Waals surface area contributed by atoms with Crippen LogP contribution in [0, 0.1) is 11.6 Å². The van der Waals surface area contributed by atoms with Crippen LogP contribution in [0.5, 0.6) is 5.75 Å². The van der Waals surface area contributed by atoms with E-state index < -0.39 is 45.1 Å². The van der Waals surface area contributed by atoms with Crippen LogP contribution < -0.4 is 9.88 Å². The molecule has 10 heteroatoms. The topological polar surface area (TPSA) is 69.4 Å². The number of primary sulfonamides is 1. The zero-order valence-corrected chi connectivity index (χ0v) is 9.28. The molecule has 0 saturated heterocycles. The molecule has 2 N–H and O–H groups in total. The Bertz CT molecular complexity index is 555. The first kappa shape index (κ1) is 14.6. The van der Waals surface area contributed by atoms with Crippen molar-refractivity contribution in [2.45, 2.75) is 11.1 Å². The standard InChI is InChI=1S/C8H6F5NO3S/c9-4-1-5(10)7(17-3-8(11,12)13)6(2-4)18(14,15)16/h1-2H,3H2,(H2,14,15,16). The third-order valence-corrected chi connectivity index (χ3v) is 2.58. The van der Waals surface area contributed by atoms with Crippen LogP contribution in [0.4, 0.5) is 22.0 Å². The van der Waals surface area contributed by atoms with Crippen molar-refractivity contribution in [2.24, 2.45) is 5.14 Å². The zero-order chi connectivity index (χ0) is 14.1. The highest BCUT2D eigenvalue weighted by Crippen LogP contribution is 2.29. The van der Waals surface area contributed by atoms with Gasteiger partial charge in [-0.2, -0.15) is 13.2 Å². The molecule has 102 valence electrons. The molecule has 0 fully saturated rings. The number of benzene rings is 1. The SMILES string of the molecule is NS(=O)(=O)c1cc(F)cc(F)c1OCC(F)(F)F. The lowest BCUT2D eigenvalue weighted by Gasteiger charge is -2.12. The molecular weight excluding hydrogens is 285 g/mol. The maximum Gasteiger partial charge on any atom is 0.422 e. The summed E-state index contributed by atoms with van der Waals surface area (Å²) in [6.07, 6.45) is -4.81. The highest BCUT2D eigenvalue weighted by atomic mass is 32.2. The Balaban J connectivity index is 3.25. The normalized spacial score (nSPS) is 12.6. The number of ether oxygens (including phenoxy) is 1. The van der Waals surface area contributed by atoms with Gasteiger partial charge in [0, 0.05) is 6.07 Å². The molecule has 18 heavy (non-hydrogen) atoms. The average Bonchev–Trinajstić information content (AvgIpc) is 2.12. The second kappa shape index (κ2) is 4.69. The fourth-order valence-electron chi connectivity index (χ4n) is 1.04. The van der Waals surface area contributed by atoms with E-state index in [0.29, 0.717) is 0 Å². The molecule has 0 spiro atoms. The third kappa shape index (κ3) is 3.81. The van der Waals surface area contributed by atoms with E-state index in [2.05, 4.69) is 9.88 Å². The molecule has 0 aromatic heterocycles. The van der Waals surface area contributed by atoms with Gasteiger partial charge in [-0.25, -0.2) is 22.3 Å². The van der Waals surface area contributed by atoms with E-state index in [1.807, 2.05) is 0 Å². The van der Waals surface area contributed by atoms with Gasteiger partial charge in [-0.15, -0.1) is 0 Å². The number of rotatable bonds is 3. The summed E-state index contributed by atoms with van der Waals surface area (Å²) in [5.41, 5.74) is 0. The van der Waals surface area contributed by atoms with Gasteiger partial charge in [0.05, 0.1) is 0 Å². The smallest absolute Gasteiger partial charge is 0.422 e. The lowest BCUT2D eigenvalue weighted by Crippen LogP contribution is -2.22. The first-order chi connectivity index (χ1) is 8.00. The van der Waals surface area contributed by atoms with E-state index in [-0.39, 0.29) is 12.1 Å². The Morgan fingerprint density at radius 2 is 1.78 bits per heavy atom. The molecule has 0 aliphatic heterocycles. The van der Waals surface area contributed by atoms with Crippen LogP contribution in [-0.4, -0.2) is 21.2 Å². The van der Waals surface area contributed by atoms with Gasteiger partial charge in [-0.05, 0) is 6.07 Å². The second-order valence-electron chi connectivity index (χ2n) is 3.16. The number of alkyl halides is 3. The lowest BCUT2D eigenvalue weighted by atomic mass is 10.3. The van der Waals surface area contributed by atoms with Crippen molar-refractivity contribution in [3.05, 3.63) is 23.8 Å². The summed E-state index contributed by atoms with van der Waals surface area (Å²) in [6.45, 7) is -1.93. The van der Waals surface area contributed by atoms with Crippen molar-refractivity contribution < 1.29 is 35.1 Å². The molecule has 0 aliphatic carbocycles. The minimum absolute atomic E-state index is 0.181. The predicted octanol–water partition coefficient (Wildman–Crippen LogP) is 1.55. The van der Waals surface area contributed by atoms with E-state index in [0.717, 1.165) is 0 Å². The van der Waals surface area contributed by atoms with E-state index in [1.165, 1.54) is 0 Å². The summed E-state index contributed by atoms with van der Waals surface area (Å²) in [5.74, 6) is -4.17. The van der Waals surface area contributed by atoms with E-state index in [1.54, 1.807) is 0 Å². The summed E-state index contributed by atoms with van der Waals surface area (Å²) in [4.78, 5) is -1.19. The Labute approximate surface area is 98.2 Å². The third-order valence-electron chi connectivity index (χ3n) is 1.66. The van der Waals surface area contributed by atoms with E-state index in [4.69, 9.17) is 0 Å². The van der Waals surface area contributed by atoms with Gasteiger partial charge in [-0.1, -0.05) is 0 Å². The Hall–Kier alpha value is -1.42. The fourth-order valence-corrected chi connectivity index (χ4v) is 1.73. The minimum Gasteiger partial charge on any atom is -0.480 e. The molecule has 1 aromatic carbocycles. The van der Waals surface area contributed by atoms with Crippen LogP contribution in [0.3, 0.4) is 0 Å². The van der Waals surface area contributed by atoms with E-state index in [9.17, 15) is 30.4 Å². The van der Waals surface area contributed by atoms with Gasteiger partial charge in [-0.3, -0.25) is 0 Å². The molecule has 0 saturated carbocycles. The highest BCUT2D eigenvalue weighted by molar-refractivity contribution is 7.89. The summed E-state index contributed by atoms with van der Waals surface area (Å²) in [5, 5.41) is 4.61. The maximum atomic E-state index is 13.2. The first-order valence-electron chi connectivity index (χ1n) is 4.22. The first-order valence-corrected chi connectivity index (χ1v) is 5.77. The Morgan fingerprint density at radius 1 is 1.22 bits per heavy atom. The molecule has 0 heterocycles. The lowest BCUT2D eigenvalue weighted by molar-refractivity contribution is -0.154. The molecule has 4 nitrogen and oxygen atoms in total. The van der Waals surface area contributed by atoms with Crippen molar-refractivity contribution in [3.63, 3.8) is 0 Å². The van der Waals surface area contributed by atoms with Crippen molar-refractivity contribution in [3.8, 4) is 5.75 Å². The second-order valence-corrected chi connectivity index (χ2v) is 4.69. The van der Waals surface area contributed by atoms with Gasteiger partial charge in [0.25, 0.3) is 0 Å². The molecular formula is C8H6F5NO3S. The predicted molar refractivity (Wildman–Crippen MR) is 49.3 cm³/mol. The van der Waals surface area contributed by atoms with Crippen LogP contribution in [-0.2, 0) is 10.0 Å². The molecule has 0 amide bonds. The summed E-state index contributed by atoms with van der Waals surface area (Å²) < 4.78 is 87.5. The van der Waals surface area contributed by atoms with Gasteiger partial charge >= 0.3 is 6.18 Å². The van der Waals surface area contributed by atoms with Crippen LogP contribution >= 0.6 is 0 Å². The molecule has 1 rings (SSSR count). The summed E-state index contributed by atoms with van der Waals surface area (Å²) >= 11 is 0. The van der Waals surface area contributed by atoms with Gasteiger partial charge in [0.1, 0.15) is 10.7 Å². The quantitative estimate of drug-likeness (QED) is 0.859. The molecule has 0 atom stereocenters. The number of hydrogen-bond acceptors (Lipinski definition) is 3. The molecule has 0 aliphatic rings. The average molecular weight is 291 g/mol. The van der Waals surface area contributed by atoms with Crippen molar-refractivity contribution in [1.82, 2.24) is 0 Å². The summed E-state index contributed by atoms with van der Waals surface area (Å²) in [7, 11) is -4.62. The van der Waals surface area contributed by atoms with Crippen LogP contribution in [0.25, 0.3) is 0 Å². The zero-order valence-electron chi connectivity index (χ0n) is 8.46. The highest BCUT2D eigenvalue weighted by Gasteiger charge is 2.31. The number of sulfonamides is 1. The van der Waals surface area contributed by atoms with Crippen LogP contribution in [0.2, 0.25) is 0 Å². The fraction of sp³-hybridized carbons (Fsp3) is 0.250. The van der Waals surface area contributed by atoms with Crippen LogP contribution in [0.1, 0.15) is 0 Å². The van der Waals surface area contributed by atoms with Crippen molar-refractivity contribution in [2.75, 3.05) is 6.61 Å². The molecule has 0 bridgehead atoms. The largest absolute Gasteiger partial charge is 0.480 e. The van der Waals surface area contributed by atoms with E-state index >= 15 is 0 Å². The van der Waals surface area contributed by atoms with Gasteiger partial charge in [0.2, 0.25) is 10.0 Å². The number of halogens is 5. The summed E-state index contributed by atoms with van der Waals surface area (Å²) in [6, 6.07) is 0.449. The monoisotopic (exact) mass is 291 g/mol. The van der Waals surface area contributed by atoms with Crippen molar-refractivity contribution >= 4 is 10.0 Å².